The van der Waals surface area contributed by atoms with Gasteiger partial charge in [-0.15, -0.1) is 0 Å². The minimum Gasteiger partial charge on any atom is -0.508 e. The van der Waals surface area contributed by atoms with Crippen molar-refractivity contribution in [3.05, 3.63) is 23.8 Å². The number of phenols is 1. The number of hydrogen-bond donors (Lipinski definition) is 2. The molecule has 1 heterocycles. The van der Waals surface area contributed by atoms with Crippen LogP contribution in [0.4, 0.5) is 0 Å². The maximum atomic E-state index is 9.64. The van der Waals surface area contributed by atoms with Gasteiger partial charge in [0.25, 0.3) is 0 Å². The van der Waals surface area contributed by atoms with E-state index in [9.17, 15) is 5.11 Å². The van der Waals surface area contributed by atoms with Gasteiger partial charge >= 0.3 is 0 Å². The van der Waals surface area contributed by atoms with Gasteiger partial charge in [0.15, 0.2) is 0 Å². The third-order valence-electron chi connectivity index (χ3n) is 2.57. The van der Waals surface area contributed by atoms with E-state index < -0.39 is 0 Å². The quantitative estimate of drug-likeness (QED) is 0.740. The Hall–Kier alpha value is -1.22. The number of benzene rings is 1. The lowest BCUT2D eigenvalue weighted by atomic mass is 9.96. The van der Waals surface area contributed by atoms with E-state index in [2.05, 4.69) is 5.32 Å². The molecule has 0 radical (unpaired) electrons. The molecule has 3 nitrogen and oxygen atoms in total. The number of rotatable bonds is 2. The largest absolute Gasteiger partial charge is 0.508 e. The lowest BCUT2D eigenvalue weighted by molar-refractivity contribution is 0.217. The number of phenolic OH excluding ortho intramolecular Hbond substituents is 1. The summed E-state index contributed by atoms with van der Waals surface area (Å²) < 4.78 is 5.57. The van der Waals surface area contributed by atoms with Crippen molar-refractivity contribution in [2.45, 2.75) is 6.42 Å². The number of aromatic hydroxyl groups is 1. The Kier molecular flexibility index (Phi) is 2.59. The van der Waals surface area contributed by atoms with Gasteiger partial charge in [0.05, 0.1) is 6.61 Å². The summed E-state index contributed by atoms with van der Waals surface area (Å²) in [6.45, 7) is 1.66. The van der Waals surface area contributed by atoms with Crippen molar-refractivity contribution in [2.24, 2.45) is 5.92 Å². The van der Waals surface area contributed by atoms with Crippen LogP contribution in [-0.2, 0) is 6.42 Å². The highest BCUT2D eigenvalue weighted by Crippen LogP contribution is 2.33. The van der Waals surface area contributed by atoms with E-state index in [-0.39, 0.29) is 0 Å². The van der Waals surface area contributed by atoms with Gasteiger partial charge in [0, 0.05) is 18.0 Å². The van der Waals surface area contributed by atoms with E-state index in [0.717, 1.165) is 30.9 Å². The van der Waals surface area contributed by atoms with Crippen LogP contribution in [0.5, 0.6) is 11.5 Å². The molecule has 76 valence electrons. The Morgan fingerprint density at radius 2 is 2.43 bits per heavy atom. The fraction of sp³-hybridized carbons (Fsp3) is 0.455. The molecule has 0 saturated carbocycles. The molecule has 2 N–H and O–H groups in total. The van der Waals surface area contributed by atoms with Gasteiger partial charge in [-0.2, -0.15) is 0 Å². The fourth-order valence-electron chi connectivity index (χ4n) is 1.87. The standard InChI is InChI=1S/C11H15NO2/c1-12-6-8-5-9-10(13)3-2-4-11(9)14-7-8/h2-4,8,12-13H,5-7H2,1H3. The Labute approximate surface area is 83.7 Å². The van der Waals surface area contributed by atoms with Gasteiger partial charge in [-0.05, 0) is 25.6 Å². The fourth-order valence-corrected chi connectivity index (χ4v) is 1.87. The molecule has 14 heavy (non-hydrogen) atoms. The Balaban J connectivity index is 2.20. The minimum absolute atomic E-state index is 0.350. The molecule has 0 fully saturated rings. The SMILES string of the molecule is CNCC1COc2cccc(O)c2C1. The molecule has 3 heteroatoms. The molecule has 2 rings (SSSR count). The molecule has 1 unspecified atom stereocenters. The van der Waals surface area contributed by atoms with Crippen molar-refractivity contribution in [3.8, 4) is 11.5 Å². The van der Waals surface area contributed by atoms with Crippen molar-refractivity contribution in [3.63, 3.8) is 0 Å². The zero-order valence-electron chi connectivity index (χ0n) is 8.29. The summed E-state index contributed by atoms with van der Waals surface area (Å²) in [6, 6.07) is 5.43. The molecule has 1 atom stereocenters. The van der Waals surface area contributed by atoms with Gasteiger partial charge in [0.2, 0.25) is 0 Å². The van der Waals surface area contributed by atoms with Crippen molar-refractivity contribution in [1.29, 1.82) is 0 Å². The molecular weight excluding hydrogens is 178 g/mol. The average molecular weight is 193 g/mol. The molecular formula is C11H15NO2. The Morgan fingerprint density at radius 3 is 3.21 bits per heavy atom. The van der Waals surface area contributed by atoms with Crippen LogP contribution in [0, 0.1) is 5.92 Å². The Morgan fingerprint density at radius 1 is 1.57 bits per heavy atom. The van der Waals surface area contributed by atoms with Crippen LogP contribution in [0.25, 0.3) is 0 Å². The van der Waals surface area contributed by atoms with Crippen molar-refractivity contribution < 1.29 is 9.84 Å². The summed E-state index contributed by atoms with van der Waals surface area (Å²) in [6.07, 6.45) is 0.892. The van der Waals surface area contributed by atoms with E-state index in [1.54, 1.807) is 6.07 Å². The van der Waals surface area contributed by atoms with Gasteiger partial charge in [0.1, 0.15) is 11.5 Å². The predicted octanol–water partition coefficient (Wildman–Crippen LogP) is 1.16. The molecule has 1 aliphatic rings. The van der Waals surface area contributed by atoms with Crippen LogP contribution >= 0.6 is 0 Å². The number of nitrogens with one attached hydrogen (secondary N) is 1. The van der Waals surface area contributed by atoms with Crippen LogP contribution in [0.2, 0.25) is 0 Å². The number of hydrogen-bond acceptors (Lipinski definition) is 3. The molecule has 0 spiro atoms. The second kappa shape index (κ2) is 3.88. The first-order valence-electron chi connectivity index (χ1n) is 4.89. The second-order valence-electron chi connectivity index (χ2n) is 3.69. The maximum Gasteiger partial charge on any atom is 0.126 e. The summed E-state index contributed by atoms with van der Waals surface area (Å²) in [4.78, 5) is 0. The summed E-state index contributed by atoms with van der Waals surface area (Å²) in [5.74, 6) is 1.64. The molecule has 1 aromatic carbocycles. The van der Waals surface area contributed by atoms with E-state index >= 15 is 0 Å². The number of fused-ring (bicyclic) bond motifs is 1. The lowest BCUT2D eigenvalue weighted by Gasteiger charge is -2.25. The molecule has 0 amide bonds. The topological polar surface area (TPSA) is 41.5 Å². The zero-order chi connectivity index (χ0) is 9.97. The van der Waals surface area contributed by atoms with Gasteiger partial charge < -0.3 is 15.2 Å². The highest BCUT2D eigenvalue weighted by Gasteiger charge is 2.21. The lowest BCUT2D eigenvalue weighted by Crippen LogP contribution is -2.29. The predicted molar refractivity (Wildman–Crippen MR) is 54.7 cm³/mol. The van der Waals surface area contributed by atoms with Crippen LogP contribution in [0.1, 0.15) is 5.56 Å². The molecule has 1 aromatic rings. The Bertz CT molecular complexity index is 325. The van der Waals surface area contributed by atoms with Crippen LogP contribution in [0.15, 0.2) is 18.2 Å². The summed E-state index contributed by atoms with van der Waals surface area (Å²) in [5.41, 5.74) is 0.944. The van der Waals surface area contributed by atoms with Crippen LogP contribution < -0.4 is 10.1 Å². The smallest absolute Gasteiger partial charge is 0.126 e. The molecule has 0 aliphatic carbocycles. The van der Waals surface area contributed by atoms with Crippen molar-refractivity contribution in [2.75, 3.05) is 20.2 Å². The van der Waals surface area contributed by atoms with E-state index in [4.69, 9.17) is 4.74 Å². The van der Waals surface area contributed by atoms with Crippen molar-refractivity contribution >= 4 is 0 Å². The van der Waals surface area contributed by atoms with Crippen LogP contribution in [0.3, 0.4) is 0 Å². The summed E-state index contributed by atoms with van der Waals surface area (Å²) in [5, 5.41) is 12.8. The first-order valence-corrected chi connectivity index (χ1v) is 4.89. The molecule has 0 bridgehead atoms. The van der Waals surface area contributed by atoms with Crippen molar-refractivity contribution in [1.82, 2.24) is 5.32 Å². The zero-order valence-corrected chi connectivity index (χ0v) is 8.29. The van der Waals surface area contributed by atoms with Gasteiger partial charge in [-0.3, -0.25) is 0 Å². The second-order valence-corrected chi connectivity index (χ2v) is 3.69. The highest BCUT2D eigenvalue weighted by molar-refractivity contribution is 5.45. The van der Waals surface area contributed by atoms with E-state index in [1.165, 1.54) is 0 Å². The van der Waals surface area contributed by atoms with E-state index in [1.807, 2.05) is 19.2 Å². The van der Waals surface area contributed by atoms with Crippen LogP contribution in [-0.4, -0.2) is 25.3 Å². The normalized spacial score (nSPS) is 19.9. The maximum absolute atomic E-state index is 9.64. The third-order valence-corrected chi connectivity index (χ3v) is 2.57. The first-order chi connectivity index (χ1) is 6.81. The summed E-state index contributed by atoms with van der Waals surface area (Å²) in [7, 11) is 1.93. The number of ether oxygens (including phenoxy) is 1. The van der Waals surface area contributed by atoms with Gasteiger partial charge in [-0.25, -0.2) is 0 Å². The molecule has 0 saturated heterocycles. The molecule has 1 aliphatic heterocycles. The monoisotopic (exact) mass is 193 g/mol. The van der Waals surface area contributed by atoms with Gasteiger partial charge in [-0.1, -0.05) is 6.07 Å². The minimum atomic E-state index is 0.350. The van der Waals surface area contributed by atoms with E-state index in [0.29, 0.717) is 11.7 Å². The highest BCUT2D eigenvalue weighted by atomic mass is 16.5. The third kappa shape index (κ3) is 1.68. The first kappa shape index (κ1) is 9.34. The summed E-state index contributed by atoms with van der Waals surface area (Å²) >= 11 is 0. The average Bonchev–Trinajstić information content (AvgIpc) is 2.20. The molecule has 0 aromatic heterocycles.